The summed E-state index contributed by atoms with van der Waals surface area (Å²) < 4.78 is 11.1. The van der Waals surface area contributed by atoms with E-state index in [4.69, 9.17) is 25.9 Å². The number of phenolic OH excluding ortho intramolecular Hbond substituents is 2. The molecule has 0 bridgehead atoms. The van der Waals surface area contributed by atoms with Gasteiger partial charge in [0.15, 0.2) is 0 Å². The number of benzene rings is 2. The number of hydrogen-bond acceptors (Lipinski definition) is 7. The Kier molecular flexibility index (Phi) is 7.01. The Labute approximate surface area is 196 Å². The summed E-state index contributed by atoms with van der Waals surface area (Å²) in [6, 6.07) is 10.6. The van der Waals surface area contributed by atoms with E-state index in [1.165, 1.54) is 0 Å². The summed E-state index contributed by atoms with van der Waals surface area (Å²) in [5, 5.41) is 24.7. The predicted octanol–water partition coefficient (Wildman–Crippen LogP) is 4.70. The van der Waals surface area contributed by atoms with Gasteiger partial charge in [-0.3, -0.25) is 0 Å². The van der Waals surface area contributed by atoms with Gasteiger partial charge in [0.1, 0.15) is 35.9 Å². The summed E-state index contributed by atoms with van der Waals surface area (Å²) in [6.07, 6.45) is 7.27. The van der Waals surface area contributed by atoms with Crippen LogP contribution >= 0.6 is 11.6 Å². The van der Waals surface area contributed by atoms with Crippen molar-refractivity contribution in [1.29, 1.82) is 0 Å². The molecule has 4 rings (SSSR count). The Morgan fingerprint density at radius 1 is 1.18 bits per heavy atom. The van der Waals surface area contributed by atoms with Gasteiger partial charge in [-0.25, -0.2) is 4.79 Å². The van der Waals surface area contributed by atoms with E-state index in [-0.39, 0.29) is 47.1 Å². The number of aromatic hydroxyl groups is 2. The summed E-state index contributed by atoms with van der Waals surface area (Å²) in [5.74, 6) is -1.52. The van der Waals surface area contributed by atoms with Gasteiger partial charge in [-0.2, -0.15) is 0 Å². The van der Waals surface area contributed by atoms with Crippen molar-refractivity contribution in [3.63, 3.8) is 0 Å². The van der Waals surface area contributed by atoms with E-state index in [0.717, 1.165) is 11.6 Å². The van der Waals surface area contributed by atoms with Gasteiger partial charge in [0, 0.05) is 18.9 Å². The molecule has 2 aromatic rings. The van der Waals surface area contributed by atoms with Crippen LogP contribution in [0, 0.1) is 0 Å². The standard InChI is InChI=1S/C25H24ClNO6/c1-15-11-22-21(33-22)10-6-5-9-17(27-31-14-16-7-3-2-4-8-16)12-18-23(25(30)32-15)19(28)13-20(29)24(18)26/h2-10,13,15,21-22,28-29H,11-12,14H2,1H3/b9-5+,10-6-,27-17+/t15-,21-,22-/m1/s1. The second-order valence-corrected chi connectivity index (χ2v) is 8.31. The van der Waals surface area contributed by atoms with Crippen molar-refractivity contribution in [3.8, 4) is 11.5 Å². The molecule has 0 aliphatic carbocycles. The molecule has 2 heterocycles. The predicted molar refractivity (Wildman–Crippen MR) is 124 cm³/mol. The summed E-state index contributed by atoms with van der Waals surface area (Å²) in [6.45, 7) is 2.01. The van der Waals surface area contributed by atoms with Crippen LogP contribution in [0.25, 0.3) is 0 Å². The van der Waals surface area contributed by atoms with E-state index < -0.39 is 17.8 Å². The molecule has 0 spiro atoms. The number of carbonyl (C=O) groups excluding carboxylic acids is 1. The smallest absolute Gasteiger partial charge is 0.342 e. The van der Waals surface area contributed by atoms with Crippen molar-refractivity contribution in [2.75, 3.05) is 0 Å². The second kappa shape index (κ2) is 10.1. The fraction of sp³-hybridized carbons (Fsp3) is 0.280. The lowest BCUT2D eigenvalue weighted by atomic mass is 9.99. The SMILES string of the molecule is C[C@@H]1C[C@H]2O[C@@H]2\C=C/C=C/C(=N\OCc2ccccc2)Cc2c(Cl)c(O)cc(O)c2C(=O)O1. The highest BCUT2D eigenvalue weighted by Crippen LogP contribution is 2.38. The van der Waals surface area contributed by atoms with Crippen molar-refractivity contribution in [2.24, 2.45) is 5.16 Å². The quantitative estimate of drug-likeness (QED) is 0.384. The van der Waals surface area contributed by atoms with E-state index in [9.17, 15) is 15.0 Å². The Hall–Kier alpha value is -3.29. The maximum Gasteiger partial charge on any atom is 0.342 e. The van der Waals surface area contributed by atoms with Crippen LogP contribution in [-0.2, 0) is 27.3 Å². The van der Waals surface area contributed by atoms with Gasteiger partial charge in [-0.15, -0.1) is 0 Å². The number of fused-ring (bicyclic) bond motifs is 2. The fourth-order valence-electron chi connectivity index (χ4n) is 3.62. The number of nitrogens with zero attached hydrogens (tertiary/aromatic N) is 1. The Morgan fingerprint density at radius 3 is 2.76 bits per heavy atom. The first-order valence-electron chi connectivity index (χ1n) is 10.6. The molecular weight excluding hydrogens is 446 g/mol. The minimum atomic E-state index is -0.741. The molecule has 0 radical (unpaired) electrons. The topological polar surface area (TPSA) is 101 Å². The van der Waals surface area contributed by atoms with Crippen LogP contribution in [0.4, 0.5) is 0 Å². The molecule has 0 unspecified atom stereocenters. The molecule has 0 aromatic heterocycles. The third-order valence-electron chi connectivity index (χ3n) is 5.33. The molecule has 8 heteroatoms. The van der Waals surface area contributed by atoms with E-state index >= 15 is 0 Å². The molecule has 7 nitrogen and oxygen atoms in total. The lowest BCUT2D eigenvalue weighted by Crippen LogP contribution is -2.19. The van der Waals surface area contributed by atoms with Crippen LogP contribution in [0.2, 0.25) is 5.02 Å². The van der Waals surface area contributed by atoms with Crippen molar-refractivity contribution in [2.45, 2.75) is 44.7 Å². The number of carbonyl (C=O) groups is 1. The van der Waals surface area contributed by atoms with Crippen LogP contribution in [-0.4, -0.2) is 40.2 Å². The molecule has 2 aromatic carbocycles. The Morgan fingerprint density at radius 2 is 1.97 bits per heavy atom. The summed E-state index contributed by atoms with van der Waals surface area (Å²) in [4.78, 5) is 18.5. The first-order chi connectivity index (χ1) is 15.9. The molecule has 2 aliphatic rings. The van der Waals surface area contributed by atoms with E-state index in [0.29, 0.717) is 12.1 Å². The van der Waals surface area contributed by atoms with Gasteiger partial charge >= 0.3 is 5.97 Å². The number of allylic oxidation sites excluding steroid dienone is 3. The Balaban J connectivity index is 1.68. The highest BCUT2D eigenvalue weighted by molar-refractivity contribution is 6.33. The molecule has 2 N–H and O–H groups in total. The van der Waals surface area contributed by atoms with E-state index in [1.807, 2.05) is 42.5 Å². The number of halogens is 1. The zero-order valence-corrected chi connectivity index (χ0v) is 18.7. The highest BCUT2D eigenvalue weighted by Gasteiger charge is 2.38. The number of ether oxygens (including phenoxy) is 2. The largest absolute Gasteiger partial charge is 0.507 e. The molecule has 172 valence electrons. The minimum absolute atomic E-state index is 0.0152. The number of phenols is 2. The Bertz CT molecular complexity index is 1110. The molecule has 1 fully saturated rings. The van der Waals surface area contributed by atoms with Gasteiger partial charge in [-0.1, -0.05) is 65.3 Å². The molecule has 2 aliphatic heterocycles. The van der Waals surface area contributed by atoms with Crippen LogP contribution in [0.15, 0.2) is 65.9 Å². The summed E-state index contributed by atoms with van der Waals surface area (Å²) in [5.41, 5.74) is 1.44. The van der Waals surface area contributed by atoms with Crippen molar-refractivity contribution in [1.82, 2.24) is 0 Å². The van der Waals surface area contributed by atoms with E-state index in [1.54, 1.807) is 19.1 Å². The zero-order valence-electron chi connectivity index (χ0n) is 18.0. The van der Waals surface area contributed by atoms with Crippen LogP contribution in [0.5, 0.6) is 11.5 Å². The molecule has 1 saturated heterocycles. The molecule has 0 saturated carbocycles. The first-order valence-corrected chi connectivity index (χ1v) is 11.0. The van der Waals surface area contributed by atoms with Crippen LogP contribution in [0.1, 0.15) is 34.8 Å². The van der Waals surface area contributed by atoms with Crippen LogP contribution < -0.4 is 0 Å². The number of hydrogen-bond donors (Lipinski definition) is 2. The molecule has 3 atom stereocenters. The molecule has 33 heavy (non-hydrogen) atoms. The second-order valence-electron chi connectivity index (χ2n) is 7.94. The summed E-state index contributed by atoms with van der Waals surface area (Å²) >= 11 is 6.34. The maximum atomic E-state index is 12.9. The molecular formula is C25H24ClNO6. The number of rotatable bonds is 3. The van der Waals surface area contributed by atoms with Crippen molar-refractivity contribution in [3.05, 3.63) is 82.4 Å². The zero-order chi connectivity index (χ0) is 23.4. The number of epoxide rings is 1. The van der Waals surface area contributed by atoms with Gasteiger partial charge in [0.2, 0.25) is 0 Å². The van der Waals surface area contributed by atoms with Gasteiger partial charge in [0.25, 0.3) is 0 Å². The number of esters is 1. The van der Waals surface area contributed by atoms with Gasteiger partial charge in [0.05, 0.1) is 16.8 Å². The molecule has 0 amide bonds. The fourth-order valence-corrected chi connectivity index (χ4v) is 3.83. The third kappa shape index (κ3) is 5.74. The lowest BCUT2D eigenvalue weighted by Gasteiger charge is -2.17. The summed E-state index contributed by atoms with van der Waals surface area (Å²) in [7, 11) is 0. The van der Waals surface area contributed by atoms with Crippen molar-refractivity contribution >= 4 is 23.3 Å². The van der Waals surface area contributed by atoms with Gasteiger partial charge in [-0.05, 0) is 24.1 Å². The number of oxime groups is 1. The maximum absolute atomic E-state index is 12.9. The normalized spacial score (nSPS) is 25.8. The van der Waals surface area contributed by atoms with E-state index in [2.05, 4.69) is 5.16 Å². The number of cyclic esters (lactones) is 1. The average molecular weight is 470 g/mol. The lowest BCUT2D eigenvalue weighted by molar-refractivity contribution is 0.0306. The monoisotopic (exact) mass is 469 g/mol. The van der Waals surface area contributed by atoms with Gasteiger partial charge < -0.3 is 24.5 Å². The minimum Gasteiger partial charge on any atom is -0.507 e. The van der Waals surface area contributed by atoms with Crippen molar-refractivity contribution < 1.29 is 29.3 Å². The highest BCUT2D eigenvalue weighted by atomic mass is 35.5. The third-order valence-corrected chi connectivity index (χ3v) is 5.76. The average Bonchev–Trinajstić information content (AvgIpc) is 3.51. The van der Waals surface area contributed by atoms with Crippen LogP contribution in [0.3, 0.4) is 0 Å². The first kappa shape index (κ1) is 22.9.